The van der Waals surface area contributed by atoms with E-state index in [1.54, 1.807) is 0 Å². The Morgan fingerprint density at radius 2 is 2.10 bits per heavy atom. The first-order chi connectivity index (χ1) is 9.29. The zero-order valence-corrected chi connectivity index (χ0v) is 11.2. The number of halogens is 4. The Labute approximate surface area is 118 Å². The van der Waals surface area contributed by atoms with Crippen molar-refractivity contribution >= 4 is 17.5 Å². The second-order valence-corrected chi connectivity index (χ2v) is 5.21. The monoisotopic (exact) mass is 307 g/mol. The number of nitrogens with zero attached hydrogens (tertiary/aromatic N) is 1. The fourth-order valence-electron chi connectivity index (χ4n) is 2.25. The van der Waals surface area contributed by atoms with Crippen LogP contribution < -0.4 is 0 Å². The number of phenolic OH excluding ortho intramolecular Hbond substituents is 1. The predicted molar refractivity (Wildman–Crippen MR) is 67.8 cm³/mol. The fraction of sp³-hybridized carbons (Fsp3) is 0.462. The molecule has 1 aromatic rings. The van der Waals surface area contributed by atoms with Crippen LogP contribution in [0.4, 0.5) is 13.2 Å². The van der Waals surface area contributed by atoms with Crippen LogP contribution in [-0.2, 0) is 0 Å². The van der Waals surface area contributed by atoms with E-state index in [0.717, 1.165) is 0 Å². The number of phenols is 1. The van der Waals surface area contributed by atoms with E-state index in [4.69, 9.17) is 11.6 Å². The molecule has 1 atom stereocenters. The van der Waals surface area contributed by atoms with Crippen LogP contribution in [0.15, 0.2) is 18.2 Å². The van der Waals surface area contributed by atoms with Crippen LogP contribution in [-0.4, -0.2) is 35.2 Å². The van der Waals surface area contributed by atoms with Gasteiger partial charge in [0.25, 0.3) is 5.91 Å². The van der Waals surface area contributed by atoms with E-state index in [2.05, 4.69) is 0 Å². The highest BCUT2D eigenvalue weighted by molar-refractivity contribution is 6.32. The molecule has 1 aliphatic rings. The zero-order valence-electron chi connectivity index (χ0n) is 10.5. The summed E-state index contributed by atoms with van der Waals surface area (Å²) in [4.78, 5) is 13.3. The Bertz CT molecular complexity index is 519. The number of hydrogen-bond donors (Lipinski definition) is 1. The van der Waals surface area contributed by atoms with Gasteiger partial charge in [0.1, 0.15) is 5.75 Å². The van der Waals surface area contributed by atoms with Gasteiger partial charge >= 0.3 is 6.18 Å². The summed E-state index contributed by atoms with van der Waals surface area (Å²) in [5.41, 5.74) is 0.177. The summed E-state index contributed by atoms with van der Waals surface area (Å²) in [5.74, 6) is -2.15. The van der Waals surface area contributed by atoms with Gasteiger partial charge in [-0.3, -0.25) is 4.79 Å². The summed E-state index contributed by atoms with van der Waals surface area (Å²) in [7, 11) is 0. The minimum atomic E-state index is -4.29. The van der Waals surface area contributed by atoms with Gasteiger partial charge in [0.2, 0.25) is 0 Å². The van der Waals surface area contributed by atoms with Crippen molar-refractivity contribution in [1.29, 1.82) is 0 Å². The molecule has 0 saturated carbocycles. The number of piperidine rings is 1. The summed E-state index contributed by atoms with van der Waals surface area (Å²) < 4.78 is 38.1. The molecule has 0 radical (unpaired) electrons. The molecular weight excluding hydrogens is 295 g/mol. The van der Waals surface area contributed by atoms with E-state index < -0.39 is 18.0 Å². The van der Waals surface area contributed by atoms with E-state index in [9.17, 15) is 23.1 Å². The van der Waals surface area contributed by atoms with Crippen molar-refractivity contribution in [2.45, 2.75) is 19.0 Å². The molecule has 0 aromatic heterocycles. The molecule has 3 nitrogen and oxygen atoms in total. The van der Waals surface area contributed by atoms with Crippen molar-refractivity contribution in [3.8, 4) is 5.75 Å². The maximum Gasteiger partial charge on any atom is 0.393 e. The summed E-state index contributed by atoms with van der Waals surface area (Å²) in [6.07, 6.45) is -3.92. The fourth-order valence-corrected chi connectivity index (χ4v) is 2.43. The number of rotatable bonds is 1. The lowest BCUT2D eigenvalue weighted by molar-refractivity contribution is -0.184. The second-order valence-electron chi connectivity index (χ2n) is 4.80. The molecular formula is C13H13ClF3NO2. The molecule has 1 fully saturated rings. The highest BCUT2D eigenvalue weighted by atomic mass is 35.5. The standard InChI is InChI=1S/C13H13ClF3NO2/c14-10-6-8(3-4-11(10)19)12(20)18-5-1-2-9(7-18)13(15,16)17/h3-4,6,9,19H,1-2,5,7H2/t9-/m1/s1. The number of carbonyl (C=O) groups excluding carboxylic acids is 1. The molecule has 2 rings (SSSR count). The number of benzene rings is 1. The van der Waals surface area contributed by atoms with Gasteiger partial charge in [-0.05, 0) is 31.0 Å². The normalized spacial score (nSPS) is 20.0. The molecule has 1 heterocycles. The molecule has 1 N–H and O–H groups in total. The topological polar surface area (TPSA) is 40.5 Å². The first kappa shape index (κ1) is 15.0. The van der Waals surface area contributed by atoms with Crippen LogP contribution in [0.25, 0.3) is 0 Å². The van der Waals surface area contributed by atoms with Gasteiger partial charge in [-0.2, -0.15) is 13.2 Å². The molecule has 1 aliphatic heterocycles. The largest absolute Gasteiger partial charge is 0.506 e. The second kappa shape index (κ2) is 5.52. The SMILES string of the molecule is O=C(c1ccc(O)c(Cl)c1)N1CCC[C@@H](C(F)(F)F)C1. The number of carbonyl (C=O) groups is 1. The molecule has 0 unspecified atom stereocenters. The lowest BCUT2D eigenvalue weighted by Gasteiger charge is -2.33. The maximum absolute atomic E-state index is 12.7. The van der Waals surface area contributed by atoms with Crippen molar-refractivity contribution < 1.29 is 23.1 Å². The van der Waals surface area contributed by atoms with Crippen LogP contribution in [0.3, 0.4) is 0 Å². The molecule has 0 aliphatic carbocycles. The predicted octanol–water partition coefficient (Wildman–Crippen LogP) is 3.46. The van der Waals surface area contributed by atoms with Gasteiger partial charge < -0.3 is 10.0 Å². The highest BCUT2D eigenvalue weighted by Crippen LogP contribution is 2.34. The molecule has 1 saturated heterocycles. The van der Waals surface area contributed by atoms with Gasteiger partial charge in [0.05, 0.1) is 10.9 Å². The van der Waals surface area contributed by atoms with Crippen molar-refractivity contribution in [1.82, 2.24) is 4.90 Å². The Kier molecular flexibility index (Phi) is 4.13. The van der Waals surface area contributed by atoms with E-state index in [1.165, 1.54) is 23.1 Å². The molecule has 1 amide bonds. The van der Waals surface area contributed by atoms with Gasteiger partial charge in [-0.15, -0.1) is 0 Å². The van der Waals surface area contributed by atoms with Crippen LogP contribution in [0.1, 0.15) is 23.2 Å². The lowest BCUT2D eigenvalue weighted by Crippen LogP contribution is -2.44. The molecule has 0 bridgehead atoms. The van der Waals surface area contributed by atoms with Gasteiger partial charge in [0, 0.05) is 18.7 Å². The molecule has 1 aromatic carbocycles. The summed E-state index contributed by atoms with van der Waals surface area (Å²) >= 11 is 5.70. The van der Waals surface area contributed by atoms with Crippen molar-refractivity contribution in [2.24, 2.45) is 5.92 Å². The lowest BCUT2D eigenvalue weighted by atomic mass is 9.97. The van der Waals surface area contributed by atoms with E-state index in [-0.39, 0.29) is 29.3 Å². The third kappa shape index (κ3) is 3.17. The molecule has 0 spiro atoms. The smallest absolute Gasteiger partial charge is 0.393 e. The molecule has 110 valence electrons. The number of amides is 1. The van der Waals surface area contributed by atoms with Crippen molar-refractivity contribution in [3.63, 3.8) is 0 Å². The van der Waals surface area contributed by atoms with Crippen molar-refractivity contribution in [2.75, 3.05) is 13.1 Å². The summed E-state index contributed by atoms with van der Waals surface area (Å²) in [5, 5.41) is 9.28. The first-order valence-corrected chi connectivity index (χ1v) is 6.51. The van der Waals surface area contributed by atoms with Crippen LogP contribution in [0.2, 0.25) is 5.02 Å². The highest BCUT2D eigenvalue weighted by Gasteiger charge is 2.42. The van der Waals surface area contributed by atoms with E-state index >= 15 is 0 Å². The van der Waals surface area contributed by atoms with Crippen LogP contribution >= 0.6 is 11.6 Å². The Hall–Kier alpha value is -1.43. The number of likely N-dealkylation sites (tertiary alicyclic amines) is 1. The van der Waals surface area contributed by atoms with Crippen LogP contribution in [0.5, 0.6) is 5.75 Å². The minimum absolute atomic E-state index is 0.000214. The Morgan fingerprint density at radius 1 is 1.40 bits per heavy atom. The third-order valence-corrected chi connectivity index (χ3v) is 3.67. The van der Waals surface area contributed by atoms with Gasteiger partial charge in [-0.1, -0.05) is 11.6 Å². The van der Waals surface area contributed by atoms with Gasteiger partial charge in [-0.25, -0.2) is 0 Å². The summed E-state index contributed by atoms with van der Waals surface area (Å²) in [6, 6.07) is 3.86. The average Bonchev–Trinajstić information content (AvgIpc) is 2.40. The minimum Gasteiger partial charge on any atom is -0.506 e. The van der Waals surface area contributed by atoms with E-state index in [1.807, 2.05) is 0 Å². The Balaban J connectivity index is 2.14. The van der Waals surface area contributed by atoms with E-state index in [0.29, 0.717) is 13.0 Å². The maximum atomic E-state index is 12.7. The van der Waals surface area contributed by atoms with Crippen molar-refractivity contribution in [3.05, 3.63) is 28.8 Å². The molecule has 7 heteroatoms. The van der Waals surface area contributed by atoms with Gasteiger partial charge in [0.15, 0.2) is 0 Å². The number of alkyl halides is 3. The zero-order chi connectivity index (χ0) is 14.9. The van der Waals surface area contributed by atoms with Crippen LogP contribution in [0, 0.1) is 5.92 Å². The first-order valence-electron chi connectivity index (χ1n) is 6.13. The quantitative estimate of drug-likeness (QED) is 0.863. The average molecular weight is 308 g/mol. The summed E-state index contributed by atoms with van der Waals surface area (Å²) in [6.45, 7) is -0.0370. The third-order valence-electron chi connectivity index (χ3n) is 3.37. The number of hydrogen-bond acceptors (Lipinski definition) is 2. The Morgan fingerprint density at radius 3 is 2.70 bits per heavy atom. The number of aromatic hydroxyl groups is 1. The molecule has 20 heavy (non-hydrogen) atoms.